The van der Waals surface area contributed by atoms with Gasteiger partial charge in [-0.05, 0) is 13.8 Å². The van der Waals surface area contributed by atoms with Crippen molar-refractivity contribution in [2.45, 2.75) is 26.0 Å². The van der Waals surface area contributed by atoms with Crippen LogP contribution in [0.2, 0.25) is 5.02 Å². The predicted octanol–water partition coefficient (Wildman–Crippen LogP) is 1.41. The van der Waals surface area contributed by atoms with Crippen LogP contribution < -0.4 is 0 Å². The first-order valence-electron chi connectivity index (χ1n) is 4.40. The Morgan fingerprint density at radius 2 is 2.29 bits per heavy atom. The van der Waals surface area contributed by atoms with E-state index in [1.54, 1.807) is 25.6 Å². The summed E-state index contributed by atoms with van der Waals surface area (Å²) in [6.45, 7) is 4.49. The Labute approximate surface area is 88.4 Å². The van der Waals surface area contributed by atoms with Gasteiger partial charge in [-0.15, -0.1) is 0 Å². The number of halogens is 1. The van der Waals surface area contributed by atoms with Crippen molar-refractivity contribution in [2.75, 3.05) is 13.7 Å². The Hall–Kier alpha value is -0.580. The van der Waals surface area contributed by atoms with E-state index in [0.717, 1.165) is 0 Å². The zero-order chi connectivity index (χ0) is 10.8. The van der Waals surface area contributed by atoms with E-state index in [4.69, 9.17) is 16.3 Å². The lowest BCUT2D eigenvalue weighted by molar-refractivity contribution is 0.0661. The molecule has 1 aromatic heterocycles. The minimum Gasteiger partial charge on any atom is -0.384 e. The molecule has 0 radical (unpaired) electrons. The molecule has 1 heterocycles. The quantitative estimate of drug-likeness (QED) is 0.832. The van der Waals surface area contributed by atoms with Crippen molar-refractivity contribution in [3.05, 3.63) is 16.9 Å². The fourth-order valence-electron chi connectivity index (χ4n) is 1.32. The van der Waals surface area contributed by atoms with Crippen LogP contribution in [-0.2, 0) is 16.9 Å². The standard InChI is InChI=1S/C9H15ClN2O2/c1-9(2,13)8-7(10)6-11-12(8)4-5-14-3/h6,13H,4-5H2,1-3H3. The minimum absolute atomic E-state index is 0.480. The molecule has 0 aromatic carbocycles. The molecule has 80 valence electrons. The molecule has 0 saturated heterocycles. The van der Waals surface area contributed by atoms with E-state index in [-0.39, 0.29) is 0 Å². The smallest absolute Gasteiger partial charge is 0.102 e. The molecular formula is C9H15ClN2O2. The molecule has 14 heavy (non-hydrogen) atoms. The van der Waals surface area contributed by atoms with Crippen molar-refractivity contribution in [3.63, 3.8) is 0 Å². The van der Waals surface area contributed by atoms with Gasteiger partial charge < -0.3 is 9.84 Å². The topological polar surface area (TPSA) is 47.3 Å². The minimum atomic E-state index is -0.985. The molecule has 1 N–H and O–H groups in total. The van der Waals surface area contributed by atoms with Crippen LogP contribution in [0.4, 0.5) is 0 Å². The molecule has 0 aliphatic heterocycles. The molecule has 5 heteroatoms. The summed E-state index contributed by atoms with van der Waals surface area (Å²) in [5.74, 6) is 0. The lowest BCUT2D eigenvalue weighted by Crippen LogP contribution is -2.23. The number of hydrogen-bond donors (Lipinski definition) is 1. The van der Waals surface area contributed by atoms with Crippen LogP contribution in [-0.4, -0.2) is 28.6 Å². The Bertz CT molecular complexity index is 304. The first-order chi connectivity index (χ1) is 6.46. The van der Waals surface area contributed by atoms with Crippen LogP contribution in [0.25, 0.3) is 0 Å². The van der Waals surface area contributed by atoms with Crippen LogP contribution in [0.1, 0.15) is 19.5 Å². The number of hydrogen-bond acceptors (Lipinski definition) is 3. The molecule has 1 rings (SSSR count). The summed E-state index contributed by atoms with van der Waals surface area (Å²) < 4.78 is 6.60. The highest BCUT2D eigenvalue weighted by atomic mass is 35.5. The van der Waals surface area contributed by atoms with Crippen molar-refractivity contribution in [3.8, 4) is 0 Å². The summed E-state index contributed by atoms with van der Waals surface area (Å²) in [5, 5.41) is 14.4. The average molecular weight is 219 g/mol. The SMILES string of the molecule is COCCn1ncc(Cl)c1C(C)(C)O. The molecule has 0 amide bonds. The molecule has 0 aliphatic rings. The highest BCUT2D eigenvalue weighted by molar-refractivity contribution is 6.31. The maximum atomic E-state index is 9.85. The van der Waals surface area contributed by atoms with E-state index in [9.17, 15) is 5.11 Å². The van der Waals surface area contributed by atoms with Gasteiger partial charge in [-0.3, -0.25) is 4.68 Å². The van der Waals surface area contributed by atoms with Gasteiger partial charge in [0.25, 0.3) is 0 Å². The zero-order valence-corrected chi connectivity index (χ0v) is 9.38. The molecule has 4 nitrogen and oxygen atoms in total. The fourth-order valence-corrected chi connectivity index (χ4v) is 1.69. The summed E-state index contributed by atoms with van der Waals surface area (Å²) in [5.41, 5.74) is -0.363. The summed E-state index contributed by atoms with van der Waals surface area (Å²) in [6.07, 6.45) is 1.53. The van der Waals surface area contributed by atoms with Gasteiger partial charge in [0, 0.05) is 7.11 Å². The van der Waals surface area contributed by atoms with Gasteiger partial charge in [0.2, 0.25) is 0 Å². The molecule has 1 aromatic rings. The average Bonchev–Trinajstić information content (AvgIpc) is 2.42. The fraction of sp³-hybridized carbons (Fsp3) is 0.667. The highest BCUT2D eigenvalue weighted by Gasteiger charge is 2.24. The van der Waals surface area contributed by atoms with Crippen LogP contribution in [0, 0.1) is 0 Å². The van der Waals surface area contributed by atoms with Crippen molar-refractivity contribution in [1.29, 1.82) is 0 Å². The van der Waals surface area contributed by atoms with Crippen LogP contribution in [0.3, 0.4) is 0 Å². The summed E-state index contributed by atoms with van der Waals surface area (Å²) in [4.78, 5) is 0. The third-order valence-electron chi connectivity index (χ3n) is 1.88. The van der Waals surface area contributed by atoms with Gasteiger partial charge in [-0.1, -0.05) is 11.6 Å². The second kappa shape index (κ2) is 4.29. The second-order valence-electron chi connectivity index (χ2n) is 3.62. The van der Waals surface area contributed by atoms with Gasteiger partial charge >= 0.3 is 0 Å². The lowest BCUT2D eigenvalue weighted by Gasteiger charge is -2.19. The maximum Gasteiger partial charge on any atom is 0.102 e. The predicted molar refractivity (Wildman–Crippen MR) is 54.4 cm³/mol. The van der Waals surface area contributed by atoms with Crippen LogP contribution >= 0.6 is 11.6 Å². The molecule has 0 saturated carbocycles. The molecule has 0 unspecified atom stereocenters. The summed E-state index contributed by atoms with van der Waals surface area (Å²) >= 11 is 5.92. The summed E-state index contributed by atoms with van der Waals surface area (Å²) in [6, 6.07) is 0. The molecular weight excluding hydrogens is 204 g/mol. The van der Waals surface area contributed by atoms with Crippen LogP contribution in [0.15, 0.2) is 6.20 Å². The molecule has 0 spiro atoms. The van der Waals surface area contributed by atoms with Gasteiger partial charge in [0.15, 0.2) is 0 Å². The van der Waals surface area contributed by atoms with Crippen molar-refractivity contribution in [1.82, 2.24) is 9.78 Å². The number of aromatic nitrogens is 2. The first kappa shape index (κ1) is 11.5. The number of methoxy groups -OCH3 is 1. The van der Waals surface area contributed by atoms with Crippen molar-refractivity contribution >= 4 is 11.6 Å². The Balaban J connectivity index is 2.95. The highest BCUT2D eigenvalue weighted by Crippen LogP contribution is 2.26. The Morgan fingerprint density at radius 1 is 1.64 bits per heavy atom. The Morgan fingerprint density at radius 3 is 2.79 bits per heavy atom. The number of rotatable bonds is 4. The third kappa shape index (κ3) is 2.47. The van der Waals surface area contributed by atoms with E-state index in [1.165, 1.54) is 6.20 Å². The van der Waals surface area contributed by atoms with E-state index in [0.29, 0.717) is 23.9 Å². The molecule has 0 aliphatic carbocycles. The number of ether oxygens (including phenoxy) is 1. The molecule has 0 atom stereocenters. The lowest BCUT2D eigenvalue weighted by atomic mass is 10.1. The van der Waals surface area contributed by atoms with Crippen molar-refractivity contribution in [2.24, 2.45) is 0 Å². The van der Waals surface area contributed by atoms with E-state index in [1.807, 2.05) is 0 Å². The van der Waals surface area contributed by atoms with Gasteiger partial charge in [0.05, 0.1) is 30.1 Å². The van der Waals surface area contributed by atoms with E-state index < -0.39 is 5.60 Å². The largest absolute Gasteiger partial charge is 0.384 e. The maximum absolute atomic E-state index is 9.85. The monoisotopic (exact) mass is 218 g/mol. The van der Waals surface area contributed by atoms with Crippen molar-refractivity contribution < 1.29 is 9.84 Å². The van der Waals surface area contributed by atoms with E-state index >= 15 is 0 Å². The first-order valence-corrected chi connectivity index (χ1v) is 4.77. The Kier molecular flexibility index (Phi) is 3.53. The summed E-state index contributed by atoms with van der Waals surface area (Å²) in [7, 11) is 1.62. The third-order valence-corrected chi connectivity index (χ3v) is 2.16. The molecule has 0 fully saturated rings. The van der Waals surface area contributed by atoms with E-state index in [2.05, 4.69) is 5.10 Å². The van der Waals surface area contributed by atoms with Gasteiger partial charge in [-0.2, -0.15) is 5.10 Å². The number of nitrogens with zero attached hydrogens (tertiary/aromatic N) is 2. The zero-order valence-electron chi connectivity index (χ0n) is 8.62. The van der Waals surface area contributed by atoms with Crippen LogP contribution in [0.5, 0.6) is 0 Å². The van der Waals surface area contributed by atoms with Gasteiger partial charge in [0.1, 0.15) is 5.60 Å². The normalized spacial score (nSPS) is 12.1. The van der Waals surface area contributed by atoms with Gasteiger partial charge in [-0.25, -0.2) is 0 Å². The number of aliphatic hydroxyl groups is 1. The molecule has 0 bridgehead atoms. The second-order valence-corrected chi connectivity index (χ2v) is 4.02.